The fraction of sp³-hybridized carbons (Fsp3) is 0.964. The highest BCUT2D eigenvalue weighted by Crippen LogP contribution is 2.62. The molecule has 8 aliphatic carbocycles. The van der Waals surface area contributed by atoms with Crippen molar-refractivity contribution in [2.75, 3.05) is 0 Å². The number of rotatable bonds is 4. The quantitative estimate of drug-likeness (QED) is 0.421. The molecule has 0 aliphatic heterocycles. The van der Waals surface area contributed by atoms with Crippen molar-refractivity contribution in [1.29, 1.82) is 0 Å². The zero-order chi connectivity index (χ0) is 21.8. The van der Waals surface area contributed by atoms with Gasteiger partial charge >= 0.3 is 0 Å². The van der Waals surface area contributed by atoms with E-state index in [1.54, 1.807) is 0 Å². The molecule has 0 aromatic rings. The lowest BCUT2D eigenvalue weighted by Gasteiger charge is -2.62. The van der Waals surface area contributed by atoms with E-state index in [1.165, 1.54) is 70.6 Å². The second-order valence-corrected chi connectivity index (χ2v) is 20.2. The molecule has 174 valence electrons. The van der Waals surface area contributed by atoms with Crippen LogP contribution in [-0.4, -0.2) is 24.7 Å². The first kappa shape index (κ1) is 21.2. The third-order valence-corrected chi connectivity index (χ3v) is 17.3. The average Bonchev–Trinajstić information content (AvgIpc) is 2.61. The highest BCUT2D eigenvalue weighted by Gasteiger charge is 2.58. The van der Waals surface area contributed by atoms with Crippen LogP contribution in [0.3, 0.4) is 0 Å². The molecular formula is C28H47NOSi. The third-order valence-electron chi connectivity index (χ3n) is 11.9. The van der Waals surface area contributed by atoms with Crippen molar-refractivity contribution in [2.24, 2.45) is 46.8 Å². The summed E-state index contributed by atoms with van der Waals surface area (Å²) in [5, 5.41) is 0.235. The van der Waals surface area contributed by atoms with E-state index in [4.69, 9.17) is 0 Å². The zero-order valence-corrected chi connectivity index (χ0v) is 22.0. The van der Waals surface area contributed by atoms with Crippen LogP contribution in [0.15, 0.2) is 0 Å². The number of hydrogen-bond donors (Lipinski definition) is 0. The van der Waals surface area contributed by atoms with Gasteiger partial charge in [-0.25, -0.2) is 0 Å². The zero-order valence-electron chi connectivity index (χ0n) is 21.0. The third kappa shape index (κ3) is 3.33. The van der Waals surface area contributed by atoms with Crippen LogP contribution >= 0.6 is 0 Å². The summed E-state index contributed by atoms with van der Waals surface area (Å²) < 4.78 is 2.69. The fourth-order valence-corrected chi connectivity index (χ4v) is 13.0. The topological polar surface area (TPSA) is 20.3 Å². The summed E-state index contributed by atoms with van der Waals surface area (Å²) in [5.41, 5.74) is 0.373. The minimum absolute atomic E-state index is 0.235. The molecule has 31 heavy (non-hydrogen) atoms. The van der Waals surface area contributed by atoms with Gasteiger partial charge in [0, 0.05) is 12.5 Å². The Balaban J connectivity index is 1.32. The molecule has 0 aromatic heterocycles. The van der Waals surface area contributed by atoms with Crippen molar-refractivity contribution in [3.8, 4) is 0 Å². The lowest BCUT2D eigenvalue weighted by atomic mass is 9.48. The Kier molecular flexibility index (Phi) is 4.70. The maximum Gasteiger partial charge on any atom is 0.215 e. The number of carbonyl (C=O) groups is 1. The Morgan fingerprint density at radius 3 is 1.61 bits per heavy atom. The van der Waals surface area contributed by atoms with Crippen LogP contribution in [0, 0.1) is 46.8 Å². The van der Waals surface area contributed by atoms with Crippen LogP contribution in [0.4, 0.5) is 0 Å². The molecule has 8 rings (SSSR count). The Hall–Kier alpha value is -0.313. The predicted molar refractivity (Wildman–Crippen MR) is 130 cm³/mol. The summed E-state index contributed by atoms with van der Waals surface area (Å²) in [7, 11) is -1.91. The van der Waals surface area contributed by atoms with Crippen LogP contribution in [0.2, 0.25) is 18.1 Å². The fourth-order valence-electron chi connectivity index (χ4n) is 10.4. The molecule has 0 spiro atoms. The number of nitrogens with zero attached hydrogens (tertiary/aromatic N) is 1. The summed E-state index contributed by atoms with van der Waals surface area (Å²) >= 11 is 0. The summed E-state index contributed by atoms with van der Waals surface area (Å²) in [6.45, 7) is 12.4. The minimum Gasteiger partial charge on any atom is -0.366 e. The Morgan fingerprint density at radius 2 is 1.19 bits per heavy atom. The van der Waals surface area contributed by atoms with Crippen LogP contribution < -0.4 is 0 Å². The van der Waals surface area contributed by atoms with Crippen molar-refractivity contribution in [2.45, 2.75) is 122 Å². The second kappa shape index (κ2) is 6.86. The maximum absolute atomic E-state index is 14.5. The molecule has 0 radical (unpaired) electrons. The van der Waals surface area contributed by atoms with E-state index in [0.717, 1.165) is 47.8 Å². The summed E-state index contributed by atoms with van der Waals surface area (Å²) in [6.07, 6.45) is 16.7. The van der Waals surface area contributed by atoms with E-state index in [1.807, 2.05) is 0 Å². The lowest BCUT2D eigenvalue weighted by Crippen LogP contribution is -2.68. The van der Waals surface area contributed by atoms with Crippen molar-refractivity contribution in [1.82, 2.24) is 4.57 Å². The van der Waals surface area contributed by atoms with Gasteiger partial charge in [-0.3, -0.25) is 4.79 Å². The number of hydrogen-bond acceptors (Lipinski definition) is 1. The maximum atomic E-state index is 14.5. The van der Waals surface area contributed by atoms with Crippen molar-refractivity contribution < 1.29 is 4.79 Å². The summed E-state index contributed by atoms with van der Waals surface area (Å²) in [6, 6.07) is 0.579. The van der Waals surface area contributed by atoms with Gasteiger partial charge in [0.2, 0.25) is 5.91 Å². The molecule has 8 saturated carbocycles. The SMILES string of the molecule is CC(C)(C)[Si](C)(C)N(C(=O)CC12CC3CC(CC(C3)C1)C2)C1C2CC3CC(C2)CC1C3. The van der Waals surface area contributed by atoms with Crippen molar-refractivity contribution >= 4 is 14.1 Å². The molecule has 2 nitrogen and oxygen atoms in total. The standard InChI is InChI=1S/C28H47NOSi/c1-27(2,3)31(4,5)29(26-23-10-18-6-19(12-23)13-24(26)11-18)25(30)17-28-14-20-7-21(15-28)9-22(8-20)16-28/h18-24,26H,6-17H2,1-5H3. The largest absolute Gasteiger partial charge is 0.366 e. The minimum atomic E-state index is -1.91. The van der Waals surface area contributed by atoms with E-state index in [0.29, 0.717) is 17.4 Å². The number of carbonyl (C=O) groups excluding carboxylic acids is 1. The first-order valence-corrected chi connectivity index (χ1v) is 16.8. The normalized spacial score (nSPS) is 47.8. The van der Waals surface area contributed by atoms with Crippen LogP contribution in [0.5, 0.6) is 0 Å². The Labute approximate surface area is 192 Å². The first-order chi connectivity index (χ1) is 14.5. The molecule has 0 atom stereocenters. The molecule has 8 fully saturated rings. The van der Waals surface area contributed by atoms with Crippen LogP contribution in [-0.2, 0) is 4.79 Å². The summed E-state index contributed by atoms with van der Waals surface area (Å²) in [4.78, 5) is 14.5. The molecular weight excluding hydrogens is 394 g/mol. The average molecular weight is 442 g/mol. The smallest absolute Gasteiger partial charge is 0.215 e. The van der Waals surface area contributed by atoms with Gasteiger partial charge in [-0.15, -0.1) is 0 Å². The molecule has 8 aliphatic rings. The van der Waals surface area contributed by atoms with Crippen LogP contribution in [0.25, 0.3) is 0 Å². The molecule has 8 bridgehead atoms. The predicted octanol–water partition coefficient (Wildman–Crippen LogP) is 7.25. The van der Waals surface area contributed by atoms with Gasteiger partial charge in [0.1, 0.15) is 0 Å². The van der Waals surface area contributed by atoms with Crippen molar-refractivity contribution in [3.05, 3.63) is 0 Å². The summed E-state index contributed by atoms with van der Waals surface area (Å²) in [5.74, 6) is 7.03. The molecule has 1 amide bonds. The molecule has 0 saturated heterocycles. The van der Waals surface area contributed by atoms with Gasteiger partial charge in [-0.1, -0.05) is 33.9 Å². The Morgan fingerprint density at radius 1 is 0.774 bits per heavy atom. The van der Waals surface area contributed by atoms with E-state index in [2.05, 4.69) is 38.4 Å². The number of amides is 1. The first-order valence-electron chi connectivity index (χ1n) is 13.9. The molecule has 0 unspecified atom stereocenters. The van der Waals surface area contributed by atoms with Gasteiger partial charge in [-0.05, 0) is 123 Å². The monoisotopic (exact) mass is 441 g/mol. The van der Waals surface area contributed by atoms with Crippen LogP contribution in [0.1, 0.15) is 97.8 Å². The van der Waals surface area contributed by atoms with Crippen molar-refractivity contribution in [3.63, 3.8) is 0 Å². The van der Waals surface area contributed by atoms with E-state index in [-0.39, 0.29) is 5.04 Å². The van der Waals surface area contributed by atoms with Gasteiger partial charge in [0.15, 0.2) is 8.24 Å². The van der Waals surface area contributed by atoms with Gasteiger partial charge < -0.3 is 4.57 Å². The molecule has 0 N–H and O–H groups in total. The molecule has 0 heterocycles. The Bertz CT molecular complexity index is 685. The van der Waals surface area contributed by atoms with E-state index < -0.39 is 8.24 Å². The lowest BCUT2D eigenvalue weighted by molar-refractivity contribution is -0.144. The molecule has 3 heteroatoms. The highest BCUT2D eigenvalue weighted by molar-refractivity contribution is 6.79. The van der Waals surface area contributed by atoms with Gasteiger partial charge in [0.25, 0.3) is 0 Å². The second-order valence-electron chi connectivity index (χ2n) is 15.1. The van der Waals surface area contributed by atoms with E-state index >= 15 is 0 Å². The van der Waals surface area contributed by atoms with Gasteiger partial charge in [0.05, 0.1) is 0 Å². The van der Waals surface area contributed by atoms with E-state index in [9.17, 15) is 4.79 Å². The molecule has 0 aromatic carbocycles. The highest BCUT2D eigenvalue weighted by atomic mass is 28.3. The van der Waals surface area contributed by atoms with Gasteiger partial charge in [-0.2, -0.15) is 0 Å².